The molecule has 0 aromatic heterocycles. The predicted octanol–water partition coefficient (Wildman–Crippen LogP) is 1.52. The molecule has 21 heavy (non-hydrogen) atoms. The first-order valence-corrected chi connectivity index (χ1v) is 7.76. The maximum absolute atomic E-state index is 12.1. The number of nitro benzene ring substituents is 1. The molecular formula is C12H16N2O6S. The van der Waals surface area contributed by atoms with Crippen LogP contribution in [0, 0.1) is 10.1 Å². The molecule has 0 aliphatic heterocycles. The first kappa shape index (κ1) is 17.1. The van der Waals surface area contributed by atoms with E-state index in [1.54, 1.807) is 0 Å². The fourth-order valence-corrected chi connectivity index (χ4v) is 2.92. The van der Waals surface area contributed by atoms with Gasteiger partial charge in [-0.05, 0) is 12.5 Å². The number of carbonyl (C=O) groups is 1. The molecule has 1 atom stereocenters. The van der Waals surface area contributed by atoms with Crippen molar-refractivity contribution in [1.82, 2.24) is 4.72 Å². The van der Waals surface area contributed by atoms with Crippen molar-refractivity contribution in [3.8, 4) is 0 Å². The molecule has 0 heterocycles. The average Bonchev–Trinajstić information content (AvgIpc) is 2.43. The number of hydrogen-bond acceptors (Lipinski definition) is 5. The summed E-state index contributed by atoms with van der Waals surface area (Å²) in [5.74, 6) is -1.28. The fourth-order valence-electron chi connectivity index (χ4n) is 1.66. The van der Waals surface area contributed by atoms with E-state index in [1.165, 1.54) is 12.1 Å². The lowest BCUT2D eigenvalue weighted by Crippen LogP contribution is -2.40. The molecule has 0 bridgehead atoms. The van der Waals surface area contributed by atoms with Gasteiger partial charge in [0.15, 0.2) is 0 Å². The standard InChI is InChI=1S/C12H16N2O6S/c1-2-3-7-11(12(15)16)13-21(19,20)10-6-4-5-9(8-10)14(17)18/h4-6,8,11,13H,2-3,7H2,1H3,(H,15,16). The van der Waals surface area contributed by atoms with E-state index in [0.717, 1.165) is 18.6 Å². The summed E-state index contributed by atoms with van der Waals surface area (Å²) >= 11 is 0. The second kappa shape index (κ2) is 7.14. The predicted molar refractivity (Wildman–Crippen MR) is 74.4 cm³/mol. The number of nitrogens with one attached hydrogen (secondary N) is 1. The lowest BCUT2D eigenvalue weighted by atomic mass is 10.1. The van der Waals surface area contributed by atoms with Crippen LogP contribution in [0.2, 0.25) is 0 Å². The van der Waals surface area contributed by atoms with Crippen molar-refractivity contribution in [2.24, 2.45) is 0 Å². The van der Waals surface area contributed by atoms with E-state index in [1.807, 2.05) is 6.92 Å². The smallest absolute Gasteiger partial charge is 0.321 e. The number of rotatable bonds is 8. The Balaban J connectivity index is 3.01. The van der Waals surface area contributed by atoms with Gasteiger partial charge in [0.05, 0.1) is 9.82 Å². The van der Waals surface area contributed by atoms with Gasteiger partial charge in [0.25, 0.3) is 5.69 Å². The molecule has 2 N–H and O–H groups in total. The average molecular weight is 316 g/mol. The molecule has 0 spiro atoms. The van der Waals surface area contributed by atoms with Crippen LogP contribution < -0.4 is 4.72 Å². The number of aliphatic carboxylic acids is 1. The highest BCUT2D eigenvalue weighted by Crippen LogP contribution is 2.18. The number of nitrogens with zero attached hydrogens (tertiary/aromatic N) is 1. The number of carboxylic acids is 1. The largest absolute Gasteiger partial charge is 0.480 e. The van der Waals surface area contributed by atoms with Crippen LogP contribution in [-0.4, -0.2) is 30.5 Å². The summed E-state index contributed by atoms with van der Waals surface area (Å²) in [5, 5.41) is 19.7. The molecule has 0 saturated carbocycles. The van der Waals surface area contributed by atoms with Crippen molar-refractivity contribution in [2.45, 2.75) is 37.1 Å². The Labute approximate surface area is 122 Å². The van der Waals surface area contributed by atoms with E-state index in [0.29, 0.717) is 6.42 Å². The Kier molecular flexibility index (Phi) is 5.79. The molecule has 0 fully saturated rings. The molecule has 0 radical (unpaired) electrons. The minimum Gasteiger partial charge on any atom is -0.480 e. The second-order valence-corrected chi connectivity index (χ2v) is 6.12. The number of non-ortho nitro benzene ring substituents is 1. The number of sulfonamides is 1. The highest BCUT2D eigenvalue weighted by atomic mass is 32.2. The van der Waals surface area contributed by atoms with Crippen molar-refractivity contribution in [1.29, 1.82) is 0 Å². The van der Waals surface area contributed by atoms with Crippen molar-refractivity contribution in [3.63, 3.8) is 0 Å². The summed E-state index contributed by atoms with van der Waals surface area (Å²) in [5.41, 5.74) is -0.377. The Morgan fingerprint density at radius 3 is 2.67 bits per heavy atom. The SMILES string of the molecule is CCCCC(NS(=O)(=O)c1cccc([N+](=O)[O-])c1)C(=O)O. The Morgan fingerprint density at radius 2 is 2.14 bits per heavy atom. The highest BCUT2D eigenvalue weighted by molar-refractivity contribution is 7.89. The minimum absolute atomic E-state index is 0.153. The van der Waals surface area contributed by atoms with Crippen LogP contribution in [0.25, 0.3) is 0 Å². The Morgan fingerprint density at radius 1 is 1.48 bits per heavy atom. The first-order valence-electron chi connectivity index (χ1n) is 6.27. The van der Waals surface area contributed by atoms with Gasteiger partial charge in [0.1, 0.15) is 6.04 Å². The van der Waals surface area contributed by atoms with Crippen molar-refractivity contribution >= 4 is 21.7 Å². The van der Waals surface area contributed by atoms with E-state index in [9.17, 15) is 23.3 Å². The molecule has 1 aromatic rings. The molecule has 0 amide bonds. The Hall–Kier alpha value is -2.00. The minimum atomic E-state index is -4.13. The summed E-state index contributed by atoms with van der Waals surface area (Å²) in [6.45, 7) is 1.86. The van der Waals surface area contributed by atoms with Gasteiger partial charge in [-0.15, -0.1) is 0 Å². The third-order valence-corrected chi connectivity index (χ3v) is 4.25. The third-order valence-electron chi connectivity index (χ3n) is 2.78. The molecule has 8 nitrogen and oxygen atoms in total. The molecule has 1 rings (SSSR count). The number of benzene rings is 1. The van der Waals surface area contributed by atoms with Gasteiger partial charge in [-0.1, -0.05) is 25.8 Å². The number of nitro groups is 1. The maximum atomic E-state index is 12.1. The molecule has 1 unspecified atom stereocenters. The molecular weight excluding hydrogens is 300 g/mol. The quantitative estimate of drug-likeness (QED) is 0.553. The van der Waals surface area contributed by atoms with Crippen LogP contribution in [0.4, 0.5) is 5.69 Å². The molecule has 116 valence electrons. The number of unbranched alkanes of at least 4 members (excludes halogenated alkanes) is 1. The molecule has 0 saturated heterocycles. The van der Waals surface area contributed by atoms with E-state index in [4.69, 9.17) is 5.11 Å². The van der Waals surface area contributed by atoms with Gasteiger partial charge in [-0.3, -0.25) is 14.9 Å². The van der Waals surface area contributed by atoms with Gasteiger partial charge in [-0.2, -0.15) is 4.72 Å². The molecule has 0 aliphatic rings. The summed E-state index contributed by atoms with van der Waals surface area (Å²) in [7, 11) is -4.13. The zero-order valence-corrected chi connectivity index (χ0v) is 12.2. The van der Waals surface area contributed by atoms with Gasteiger partial charge in [0, 0.05) is 12.1 Å². The number of hydrogen-bond donors (Lipinski definition) is 2. The van der Waals surface area contributed by atoms with Crippen LogP contribution in [0.3, 0.4) is 0 Å². The lowest BCUT2D eigenvalue weighted by Gasteiger charge is -2.14. The van der Waals surface area contributed by atoms with Crippen molar-refractivity contribution in [3.05, 3.63) is 34.4 Å². The second-order valence-electron chi connectivity index (χ2n) is 4.41. The summed E-state index contributed by atoms with van der Waals surface area (Å²) in [6, 6.07) is 3.20. The molecule has 0 aliphatic carbocycles. The zero-order valence-electron chi connectivity index (χ0n) is 11.4. The van der Waals surface area contributed by atoms with Gasteiger partial charge >= 0.3 is 5.97 Å². The zero-order chi connectivity index (χ0) is 16.0. The van der Waals surface area contributed by atoms with Crippen LogP contribution in [0.5, 0.6) is 0 Å². The van der Waals surface area contributed by atoms with E-state index >= 15 is 0 Å². The lowest BCUT2D eigenvalue weighted by molar-refractivity contribution is -0.385. The van der Waals surface area contributed by atoms with E-state index in [-0.39, 0.29) is 17.0 Å². The van der Waals surface area contributed by atoms with Crippen molar-refractivity contribution in [2.75, 3.05) is 0 Å². The summed E-state index contributed by atoms with van der Waals surface area (Å²) in [4.78, 5) is 20.7. The van der Waals surface area contributed by atoms with Gasteiger partial charge in [0.2, 0.25) is 10.0 Å². The summed E-state index contributed by atoms with van der Waals surface area (Å²) < 4.78 is 26.2. The monoisotopic (exact) mass is 316 g/mol. The van der Waals surface area contributed by atoms with Gasteiger partial charge in [-0.25, -0.2) is 8.42 Å². The van der Waals surface area contributed by atoms with Crippen LogP contribution in [0.15, 0.2) is 29.2 Å². The fraction of sp³-hybridized carbons (Fsp3) is 0.417. The van der Waals surface area contributed by atoms with Crippen LogP contribution in [-0.2, 0) is 14.8 Å². The first-order chi connectivity index (χ1) is 9.77. The highest BCUT2D eigenvalue weighted by Gasteiger charge is 2.25. The Bertz CT molecular complexity index is 628. The van der Waals surface area contributed by atoms with E-state index in [2.05, 4.69) is 4.72 Å². The molecule has 1 aromatic carbocycles. The van der Waals surface area contributed by atoms with Crippen LogP contribution in [0.1, 0.15) is 26.2 Å². The molecule has 9 heteroatoms. The number of carboxylic acid groups (broad SMARTS) is 1. The van der Waals surface area contributed by atoms with E-state index < -0.39 is 27.0 Å². The third kappa shape index (κ3) is 4.80. The van der Waals surface area contributed by atoms with Gasteiger partial charge < -0.3 is 5.11 Å². The summed E-state index contributed by atoms with van der Waals surface area (Å²) in [6.07, 6.45) is 1.43. The van der Waals surface area contributed by atoms with Crippen molar-refractivity contribution < 1.29 is 23.2 Å². The maximum Gasteiger partial charge on any atom is 0.321 e. The normalized spacial score (nSPS) is 12.8. The topological polar surface area (TPSA) is 127 Å². The van der Waals surface area contributed by atoms with Crippen LogP contribution >= 0.6 is 0 Å².